The maximum Gasteiger partial charge on any atom is 0.308 e. The van der Waals surface area contributed by atoms with Crippen molar-refractivity contribution in [2.24, 2.45) is 5.92 Å². The Hall–Kier alpha value is -3.95. The molecule has 2 heterocycles. The minimum absolute atomic E-state index is 0.0312. The molecule has 0 spiro atoms. The average molecular weight is 612 g/mol. The molecule has 0 aliphatic carbocycles. The third-order valence-electron chi connectivity index (χ3n) is 7.05. The van der Waals surface area contributed by atoms with E-state index in [4.69, 9.17) is 23.2 Å². The number of pyridine rings is 1. The lowest BCUT2D eigenvalue weighted by atomic mass is 9.96. The minimum atomic E-state index is -1.16. The van der Waals surface area contributed by atoms with Gasteiger partial charge in [-0.1, -0.05) is 59.6 Å². The van der Waals surface area contributed by atoms with Crippen LogP contribution in [-0.4, -0.2) is 53.3 Å². The Balaban J connectivity index is 1.21. The molecule has 0 saturated heterocycles. The van der Waals surface area contributed by atoms with Crippen molar-refractivity contribution in [1.29, 1.82) is 0 Å². The van der Waals surface area contributed by atoms with Gasteiger partial charge in [0.15, 0.2) is 5.78 Å². The highest BCUT2D eigenvalue weighted by atomic mass is 35.5. The molecule has 1 atom stereocenters. The maximum atomic E-state index is 12.9. The van der Waals surface area contributed by atoms with Crippen LogP contribution in [0.15, 0.2) is 54.6 Å². The van der Waals surface area contributed by atoms with Gasteiger partial charge in [-0.3, -0.25) is 19.2 Å². The molecule has 4 N–H and O–H groups in total. The number of amides is 2. The summed E-state index contributed by atoms with van der Waals surface area (Å²) in [6.45, 7) is 0.393. The molecule has 1 aliphatic rings. The summed E-state index contributed by atoms with van der Waals surface area (Å²) in [5, 5.41) is 18.3. The fourth-order valence-electron chi connectivity index (χ4n) is 4.70. The average Bonchev–Trinajstić information content (AvgIpc) is 2.98. The molecule has 9 nitrogen and oxygen atoms in total. The van der Waals surface area contributed by atoms with Gasteiger partial charge in [0.25, 0.3) is 0 Å². The van der Waals surface area contributed by atoms with Crippen LogP contribution in [0.2, 0.25) is 10.0 Å². The van der Waals surface area contributed by atoms with Crippen LogP contribution in [0.25, 0.3) is 11.1 Å². The standard InChI is InChI=1S/C31H32Cl2N4O5/c32-24-15-22(19-5-2-1-3-6-19)16-25(33)29(24)26(38)12-9-21(31(41)42)17-35-28(40)18-36-27(39)13-11-23-10-8-20-7-4-14-34-30(20)37-23/h1-3,5-6,8,10,15-16,21H,4,7,9,11-14,17-18H2,(H,34,37)(H,35,40)(H,36,39)(H,41,42)/t21-/m1/s1. The highest BCUT2D eigenvalue weighted by Gasteiger charge is 2.23. The Morgan fingerprint density at radius 2 is 1.67 bits per heavy atom. The number of hydrogen-bond donors (Lipinski definition) is 4. The van der Waals surface area contributed by atoms with Crippen molar-refractivity contribution in [3.8, 4) is 11.1 Å². The van der Waals surface area contributed by atoms with Crippen molar-refractivity contribution in [3.63, 3.8) is 0 Å². The fraction of sp³-hybridized carbons (Fsp3) is 0.323. The van der Waals surface area contributed by atoms with Gasteiger partial charge in [0.1, 0.15) is 5.82 Å². The lowest BCUT2D eigenvalue weighted by Crippen LogP contribution is -2.40. The number of carbonyl (C=O) groups excluding carboxylic acids is 3. The van der Waals surface area contributed by atoms with Crippen LogP contribution in [0, 0.1) is 5.92 Å². The van der Waals surface area contributed by atoms with Crippen LogP contribution in [-0.2, 0) is 27.2 Å². The summed E-state index contributed by atoms with van der Waals surface area (Å²) in [5.41, 5.74) is 3.74. The molecule has 0 fully saturated rings. The third kappa shape index (κ3) is 8.53. The van der Waals surface area contributed by atoms with E-state index in [1.165, 1.54) is 5.56 Å². The largest absolute Gasteiger partial charge is 0.481 e. The minimum Gasteiger partial charge on any atom is -0.481 e. The molecule has 1 aliphatic heterocycles. The van der Waals surface area contributed by atoms with Gasteiger partial charge in [0.2, 0.25) is 11.8 Å². The van der Waals surface area contributed by atoms with Gasteiger partial charge in [0, 0.05) is 31.6 Å². The molecule has 1 aromatic heterocycles. The smallest absolute Gasteiger partial charge is 0.308 e. The van der Waals surface area contributed by atoms with E-state index in [1.807, 2.05) is 42.5 Å². The second-order valence-corrected chi connectivity index (χ2v) is 10.9. The Morgan fingerprint density at radius 1 is 0.929 bits per heavy atom. The SMILES string of the molecule is O=C(CCc1ccc2c(n1)NCCC2)NCC(=O)NC[C@@H](CCC(=O)c1c(Cl)cc(-c2ccccc2)cc1Cl)C(=O)O. The topological polar surface area (TPSA) is 137 Å². The zero-order valence-electron chi connectivity index (χ0n) is 22.9. The highest BCUT2D eigenvalue weighted by Crippen LogP contribution is 2.33. The van der Waals surface area contributed by atoms with Crippen molar-refractivity contribution < 1.29 is 24.3 Å². The third-order valence-corrected chi connectivity index (χ3v) is 7.65. The predicted molar refractivity (Wildman–Crippen MR) is 162 cm³/mol. The van der Waals surface area contributed by atoms with E-state index in [9.17, 15) is 24.3 Å². The number of aromatic nitrogens is 1. The van der Waals surface area contributed by atoms with Crippen molar-refractivity contribution in [2.75, 3.05) is 25.0 Å². The number of benzene rings is 2. The Labute approximate surface area is 254 Å². The van der Waals surface area contributed by atoms with Gasteiger partial charge in [-0.15, -0.1) is 0 Å². The van der Waals surface area contributed by atoms with Crippen molar-refractivity contribution in [3.05, 3.63) is 81.5 Å². The molecule has 4 rings (SSSR count). The van der Waals surface area contributed by atoms with E-state index in [-0.39, 0.29) is 53.9 Å². The number of Topliss-reactive ketones (excluding diaryl/α,β-unsaturated/α-hetero) is 1. The number of rotatable bonds is 13. The van der Waals surface area contributed by atoms with Gasteiger partial charge >= 0.3 is 5.97 Å². The summed E-state index contributed by atoms with van der Waals surface area (Å²) >= 11 is 12.8. The number of nitrogens with zero attached hydrogens (tertiary/aromatic N) is 1. The van der Waals surface area contributed by atoms with Crippen LogP contribution in [0.5, 0.6) is 0 Å². The number of carboxylic acid groups (broad SMARTS) is 1. The lowest BCUT2D eigenvalue weighted by Gasteiger charge is -2.17. The molecular formula is C31H32Cl2N4O5. The van der Waals surface area contributed by atoms with Crippen molar-refractivity contribution in [2.45, 2.75) is 38.5 Å². The van der Waals surface area contributed by atoms with Gasteiger partial charge in [0.05, 0.1) is 28.1 Å². The molecule has 3 aromatic rings. The molecule has 42 heavy (non-hydrogen) atoms. The number of ketones is 1. The number of hydrogen-bond acceptors (Lipinski definition) is 6. The monoisotopic (exact) mass is 610 g/mol. The number of halogens is 2. The summed E-state index contributed by atoms with van der Waals surface area (Å²) in [4.78, 5) is 53.7. The van der Waals surface area contributed by atoms with Gasteiger partial charge in [-0.25, -0.2) is 4.98 Å². The first-order valence-corrected chi connectivity index (χ1v) is 14.5. The number of nitrogens with one attached hydrogen (secondary N) is 3. The van der Waals surface area contributed by atoms with Crippen molar-refractivity contribution in [1.82, 2.24) is 15.6 Å². The Bertz CT molecular complexity index is 1440. The zero-order chi connectivity index (χ0) is 30.1. The number of fused-ring (bicyclic) bond motifs is 1. The fourth-order valence-corrected chi connectivity index (χ4v) is 5.39. The first kappa shape index (κ1) is 31.0. The number of aryl methyl sites for hydroxylation is 2. The van der Waals surface area contributed by atoms with Gasteiger partial charge < -0.3 is 21.1 Å². The van der Waals surface area contributed by atoms with E-state index < -0.39 is 23.6 Å². The van der Waals surface area contributed by atoms with Crippen LogP contribution >= 0.6 is 23.2 Å². The highest BCUT2D eigenvalue weighted by molar-refractivity contribution is 6.40. The number of carbonyl (C=O) groups is 4. The lowest BCUT2D eigenvalue weighted by molar-refractivity contribution is -0.142. The Morgan fingerprint density at radius 3 is 2.38 bits per heavy atom. The van der Waals surface area contributed by atoms with Crippen LogP contribution in [0.4, 0.5) is 5.82 Å². The molecule has 2 amide bonds. The molecule has 220 valence electrons. The van der Waals surface area contributed by atoms with E-state index in [2.05, 4.69) is 20.9 Å². The first-order chi connectivity index (χ1) is 20.2. The summed E-state index contributed by atoms with van der Waals surface area (Å²) in [5.74, 6) is -2.54. The normalized spacial score (nSPS) is 12.9. The van der Waals surface area contributed by atoms with Gasteiger partial charge in [-0.05, 0) is 60.6 Å². The zero-order valence-corrected chi connectivity index (χ0v) is 24.4. The molecule has 0 saturated carbocycles. The molecule has 0 bridgehead atoms. The number of anilines is 1. The summed E-state index contributed by atoms with van der Waals surface area (Å²) in [7, 11) is 0. The van der Waals surface area contributed by atoms with Crippen molar-refractivity contribution >= 4 is 52.6 Å². The quantitative estimate of drug-likeness (QED) is 0.201. The molecule has 2 aromatic carbocycles. The number of aliphatic carboxylic acids is 1. The van der Waals surface area contributed by atoms with E-state index >= 15 is 0 Å². The maximum absolute atomic E-state index is 12.9. The Kier molecular flexibility index (Phi) is 10.9. The summed E-state index contributed by atoms with van der Waals surface area (Å²) in [6.07, 6.45) is 2.49. The van der Waals surface area contributed by atoms with E-state index in [0.29, 0.717) is 6.42 Å². The molecular weight excluding hydrogens is 579 g/mol. The van der Waals surface area contributed by atoms with Gasteiger partial charge in [-0.2, -0.15) is 0 Å². The predicted octanol–water partition coefficient (Wildman–Crippen LogP) is 4.94. The first-order valence-electron chi connectivity index (χ1n) is 13.8. The van der Waals surface area contributed by atoms with E-state index in [0.717, 1.165) is 42.0 Å². The summed E-state index contributed by atoms with van der Waals surface area (Å²) in [6, 6.07) is 16.7. The van der Waals surface area contributed by atoms with Crippen LogP contribution < -0.4 is 16.0 Å². The molecule has 0 radical (unpaired) electrons. The van der Waals surface area contributed by atoms with Crippen LogP contribution in [0.1, 0.15) is 47.3 Å². The molecule has 11 heteroatoms. The van der Waals surface area contributed by atoms with Crippen LogP contribution in [0.3, 0.4) is 0 Å². The number of carboxylic acids is 1. The summed E-state index contributed by atoms with van der Waals surface area (Å²) < 4.78 is 0. The molecule has 0 unspecified atom stereocenters. The van der Waals surface area contributed by atoms with E-state index in [1.54, 1.807) is 12.1 Å². The second-order valence-electron chi connectivity index (χ2n) is 10.1. The second kappa shape index (κ2) is 14.8.